The van der Waals surface area contributed by atoms with Crippen LogP contribution in [0.15, 0.2) is 42.5 Å². The average Bonchev–Trinajstić information content (AvgIpc) is 2.92. The Kier molecular flexibility index (Phi) is 7.24. The molecule has 3 atom stereocenters. The predicted molar refractivity (Wildman–Crippen MR) is 134 cm³/mol. The van der Waals surface area contributed by atoms with Crippen LogP contribution in [0.3, 0.4) is 0 Å². The number of hydrogen-bond donors (Lipinski definition) is 3. The Bertz CT molecular complexity index is 1090. The molecule has 3 unspecified atom stereocenters. The SMILES string of the molecule is CNC(CC(C)C)C(=O)NC1CCN2C(=O)c3cc(-c4ccc(Cl)cc4)ccc3NC(=O)C2C1. The molecule has 3 amide bonds. The number of halogens is 1. The van der Waals surface area contributed by atoms with Crippen LogP contribution in [0.2, 0.25) is 5.02 Å². The number of piperidine rings is 1. The summed E-state index contributed by atoms with van der Waals surface area (Å²) in [5, 5.41) is 9.74. The smallest absolute Gasteiger partial charge is 0.256 e. The predicted octanol–water partition coefficient (Wildman–Crippen LogP) is 3.68. The third kappa shape index (κ3) is 5.10. The van der Waals surface area contributed by atoms with Gasteiger partial charge in [0.25, 0.3) is 5.91 Å². The summed E-state index contributed by atoms with van der Waals surface area (Å²) in [4.78, 5) is 40.9. The second-order valence-corrected chi connectivity index (χ2v) is 9.91. The number of nitrogens with zero attached hydrogens (tertiary/aromatic N) is 1. The first-order valence-electron chi connectivity index (χ1n) is 11.8. The molecule has 3 N–H and O–H groups in total. The summed E-state index contributed by atoms with van der Waals surface area (Å²) in [5.41, 5.74) is 2.80. The lowest BCUT2D eigenvalue weighted by molar-refractivity contribution is -0.126. The van der Waals surface area contributed by atoms with E-state index in [0.717, 1.165) is 17.5 Å². The van der Waals surface area contributed by atoms with Gasteiger partial charge in [0, 0.05) is 17.6 Å². The molecule has 2 aliphatic heterocycles. The van der Waals surface area contributed by atoms with Gasteiger partial charge in [-0.25, -0.2) is 0 Å². The Labute approximate surface area is 205 Å². The summed E-state index contributed by atoms with van der Waals surface area (Å²) in [6.45, 7) is 4.56. The van der Waals surface area contributed by atoms with Crippen LogP contribution in [0.25, 0.3) is 11.1 Å². The lowest BCUT2D eigenvalue weighted by atomic mass is 9.95. The zero-order chi connectivity index (χ0) is 24.4. The van der Waals surface area contributed by atoms with Crippen LogP contribution in [0.5, 0.6) is 0 Å². The highest BCUT2D eigenvalue weighted by Gasteiger charge is 2.40. The topological polar surface area (TPSA) is 90.5 Å². The Morgan fingerprint density at radius 1 is 1.15 bits per heavy atom. The van der Waals surface area contributed by atoms with Gasteiger partial charge in [-0.15, -0.1) is 0 Å². The molecule has 8 heteroatoms. The van der Waals surface area contributed by atoms with Gasteiger partial charge in [-0.1, -0.05) is 43.6 Å². The van der Waals surface area contributed by atoms with E-state index >= 15 is 0 Å². The fourth-order valence-corrected chi connectivity index (χ4v) is 4.87. The van der Waals surface area contributed by atoms with E-state index in [0.29, 0.717) is 41.6 Å². The molecule has 1 saturated heterocycles. The van der Waals surface area contributed by atoms with E-state index in [1.165, 1.54) is 0 Å². The monoisotopic (exact) mass is 482 g/mol. The van der Waals surface area contributed by atoms with Crippen molar-refractivity contribution in [2.24, 2.45) is 5.92 Å². The van der Waals surface area contributed by atoms with Gasteiger partial charge >= 0.3 is 0 Å². The maximum Gasteiger partial charge on any atom is 0.256 e. The van der Waals surface area contributed by atoms with Crippen LogP contribution >= 0.6 is 11.6 Å². The van der Waals surface area contributed by atoms with Gasteiger partial charge < -0.3 is 20.9 Å². The summed E-state index contributed by atoms with van der Waals surface area (Å²) in [6, 6.07) is 11.8. The first-order valence-corrected chi connectivity index (χ1v) is 12.1. The van der Waals surface area contributed by atoms with Gasteiger partial charge in [0.15, 0.2) is 0 Å². The van der Waals surface area contributed by atoms with Gasteiger partial charge in [0.1, 0.15) is 6.04 Å². The Balaban J connectivity index is 1.52. The Morgan fingerprint density at radius 2 is 1.85 bits per heavy atom. The first-order chi connectivity index (χ1) is 16.3. The molecule has 2 aromatic rings. The van der Waals surface area contributed by atoms with Crippen LogP contribution < -0.4 is 16.0 Å². The standard InChI is InChI=1S/C26H31ClN4O3/c1-15(2)12-22(28-3)24(32)29-19-10-11-31-23(14-19)25(33)30-21-9-6-17(13-20(21)26(31)34)16-4-7-18(27)8-5-16/h4-9,13,15,19,22-23,28H,10-12,14H2,1-3H3,(H,29,32)(H,30,33). The van der Waals surface area contributed by atoms with Gasteiger partial charge in [-0.2, -0.15) is 0 Å². The van der Waals surface area contributed by atoms with Crippen molar-refractivity contribution < 1.29 is 14.4 Å². The molecule has 0 spiro atoms. The molecular formula is C26H31ClN4O3. The van der Waals surface area contributed by atoms with E-state index < -0.39 is 6.04 Å². The third-order valence-corrected chi connectivity index (χ3v) is 6.82. The highest BCUT2D eigenvalue weighted by molar-refractivity contribution is 6.30. The lowest BCUT2D eigenvalue weighted by Gasteiger charge is -2.37. The van der Waals surface area contributed by atoms with Gasteiger partial charge in [-0.3, -0.25) is 14.4 Å². The highest BCUT2D eigenvalue weighted by Crippen LogP contribution is 2.32. The second-order valence-electron chi connectivity index (χ2n) is 9.47. The number of carbonyl (C=O) groups excluding carboxylic acids is 3. The number of carbonyl (C=O) groups is 3. The average molecular weight is 483 g/mol. The van der Waals surface area contributed by atoms with Crippen molar-refractivity contribution in [2.75, 3.05) is 18.9 Å². The van der Waals surface area contributed by atoms with Gasteiger partial charge in [-0.05, 0) is 67.6 Å². The van der Waals surface area contributed by atoms with Crippen LogP contribution in [-0.2, 0) is 9.59 Å². The van der Waals surface area contributed by atoms with Crippen LogP contribution in [-0.4, -0.2) is 54.3 Å². The number of amides is 3. The molecule has 0 aliphatic carbocycles. The maximum absolute atomic E-state index is 13.5. The molecule has 0 saturated carbocycles. The largest absolute Gasteiger partial charge is 0.352 e. The summed E-state index contributed by atoms with van der Waals surface area (Å²) in [7, 11) is 1.78. The number of rotatable bonds is 6. The van der Waals surface area contributed by atoms with E-state index in [2.05, 4.69) is 29.8 Å². The Hall–Kier alpha value is -2.90. The Morgan fingerprint density at radius 3 is 2.53 bits per heavy atom. The maximum atomic E-state index is 13.5. The minimum absolute atomic E-state index is 0.0640. The van der Waals surface area contributed by atoms with Crippen molar-refractivity contribution in [3.05, 3.63) is 53.1 Å². The third-order valence-electron chi connectivity index (χ3n) is 6.57. The normalized spacial score (nSPS) is 20.8. The molecule has 2 aliphatic rings. The number of anilines is 1. The number of fused-ring (bicyclic) bond motifs is 2. The highest BCUT2D eigenvalue weighted by atomic mass is 35.5. The first kappa shape index (κ1) is 24.2. The summed E-state index contributed by atoms with van der Waals surface area (Å²) in [5.74, 6) is -0.0815. The van der Waals surface area contributed by atoms with E-state index in [9.17, 15) is 14.4 Å². The van der Waals surface area contributed by atoms with Crippen molar-refractivity contribution in [1.29, 1.82) is 0 Å². The van der Waals surface area contributed by atoms with Crippen LogP contribution in [0.4, 0.5) is 5.69 Å². The van der Waals surface area contributed by atoms with E-state index in [-0.39, 0.29) is 29.8 Å². The summed E-state index contributed by atoms with van der Waals surface area (Å²) in [6.07, 6.45) is 1.72. The van der Waals surface area contributed by atoms with Crippen LogP contribution in [0, 0.1) is 5.92 Å². The van der Waals surface area contributed by atoms with Crippen molar-refractivity contribution in [1.82, 2.24) is 15.5 Å². The number of benzene rings is 2. The van der Waals surface area contributed by atoms with Crippen molar-refractivity contribution in [3.63, 3.8) is 0 Å². The molecule has 0 bridgehead atoms. The van der Waals surface area contributed by atoms with Gasteiger partial charge in [0.05, 0.1) is 17.3 Å². The van der Waals surface area contributed by atoms with Crippen molar-refractivity contribution >= 4 is 35.0 Å². The van der Waals surface area contributed by atoms with Gasteiger partial charge in [0.2, 0.25) is 11.8 Å². The molecule has 0 aromatic heterocycles. The second kappa shape index (κ2) is 10.2. The molecule has 180 valence electrons. The summed E-state index contributed by atoms with van der Waals surface area (Å²) < 4.78 is 0. The number of hydrogen-bond acceptors (Lipinski definition) is 4. The van der Waals surface area contributed by atoms with E-state index in [4.69, 9.17) is 11.6 Å². The van der Waals surface area contributed by atoms with E-state index in [1.807, 2.05) is 24.3 Å². The minimum atomic E-state index is -0.629. The van der Waals surface area contributed by atoms with Crippen molar-refractivity contribution in [2.45, 2.75) is 51.2 Å². The molecule has 4 rings (SSSR count). The molecule has 1 fully saturated rings. The van der Waals surface area contributed by atoms with E-state index in [1.54, 1.807) is 30.1 Å². The molecule has 34 heavy (non-hydrogen) atoms. The molecule has 2 aromatic carbocycles. The zero-order valence-electron chi connectivity index (χ0n) is 19.7. The lowest BCUT2D eigenvalue weighted by Crippen LogP contribution is -2.56. The number of nitrogens with one attached hydrogen (secondary N) is 3. The quantitative estimate of drug-likeness (QED) is 0.585. The molecule has 7 nitrogen and oxygen atoms in total. The van der Waals surface area contributed by atoms with Crippen LogP contribution in [0.1, 0.15) is 43.5 Å². The zero-order valence-corrected chi connectivity index (χ0v) is 20.5. The molecular weight excluding hydrogens is 452 g/mol. The number of likely N-dealkylation sites (N-methyl/N-ethyl adjacent to an activating group) is 1. The minimum Gasteiger partial charge on any atom is -0.352 e. The summed E-state index contributed by atoms with van der Waals surface area (Å²) >= 11 is 6.00. The fourth-order valence-electron chi connectivity index (χ4n) is 4.74. The molecule has 0 radical (unpaired) electrons. The van der Waals surface area contributed by atoms with Crippen molar-refractivity contribution in [3.8, 4) is 11.1 Å². The molecule has 2 heterocycles. The fraction of sp³-hybridized carbons (Fsp3) is 0.423.